The summed E-state index contributed by atoms with van der Waals surface area (Å²) in [5, 5.41) is 0. The van der Waals surface area contributed by atoms with Crippen LogP contribution in [0, 0.1) is 0 Å². The van der Waals surface area contributed by atoms with Crippen molar-refractivity contribution in [2.24, 2.45) is 5.73 Å². The van der Waals surface area contributed by atoms with Gasteiger partial charge < -0.3 is 15.2 Å². The topological polar surface area (TPSA) is 44.5 Å². The maximum absolute atomic E-state index is 5.86. The van der Waals surface area contributed by atoms with Gasteiger partial charge in [0.1, 0.15) is 6.61 Å². The molecular formula is C19H23NO2. The first-order chi connectivity index (χ1) is 10.8. The van der Waals surface area contributed by atoms with Crippen LogP contribution in [-0.2, 0) is 13.0 Å². The molecule has 0 aromatic heterocycles. The first-order valence-electron chi connectivity index (χ1n) is 7.52. The standard InChI is InChI=1S/C19H23NO2/c1-21-19-14-16(8-6-3-7-13-20)11-12-18(19)22-15-17-9-4-2-5-10-17/h2-5,7,9-12,14H,6,8,13,15,20H2,1H3. The van der Waals surface area contributed by atoms with Crippen LogP contribution >= 0.6 is 0 Å². The van der Waals surface area contributed by atoms with Gasteiger partial charge in [-0.2, -0.15) is 0 Å². The molecule has 0 saturated heterocycles. The molecule has 0 heterocycles. The molecular weight excluding hydrogens is 274 g/mol. The highest BCUT2D eigenvalue weighted by molar-refractivity contribution is 5.43. The predicted octanol–water partition coefficient (Wildman–Crippen LogP) is 3.72. The molecule has 3 heteroatoms. The van der Waals surface area contributed by atoms with E-state index in [0.29, 0.717) is 13.2 Å². The van der Waals surface area contributed by atoms with Gasteiger partial charge in [0.05, 0.1) is 7.11 Å². The summed E-state index contributed by atoms with van der Waals surface area (Å²) < 4.78 is 11.3. The van der Waals surface area contributed by atoms with E-state index in [1.54, 1.807) is 7.11 Å². The Bertz CT molecular complexity index is 594. The zero-order valence-corrected chi connectivity index (χ0v) is 13.0. The fourth-order valence-electron chi connectivity index (χ4n) is 2.19. The van der Waals surface area contributed by atoms with Crippen molar-refractivity contribution >= 4 is 0 Å². The molecule has 0 aliphatic rings. The molecule has 0 radical (unpaired) electrons. The molecule has 0 saturated carbocycles. The van der Waals surface area contributed by atoms with Gasteiger partial charge in [-0.15, -0.1) is 0 Å². The lowest BCUT2D eigenvalue weighted by Crippen LogP contribution is -1.98. The van der Waals surface area contributed by atoms with Gasteiger partial charge in [0.25, 0.3) is 0 Å². The smallest absolute Gasteiger partial charge is 0.161 e. The Morgan fingerprint density at radius 1 is 0.955 bits per heavy atom. The van der Waals surface area contributed by atoms with Crippen molar-refractivity contribution in [3.05, 3.63) is 71.8 Å². The molecule has 22 heavy (non-hydrogen) atoms. The Kier molecular flexibility index (Phi) is 6.52. The summed E-state index contributed by atoms with van der Waals surface area (Å²) in [6.45, 7) is 1.13. The minimum atomic E-state index is 0.537. The maximum atomic E-state index is 5.86. The summed E-state index contributed by atoms with van der Waals surface area (Å²) in [5.74, 6) is 1.55. The molecule has 0 amide bonds. The average Bonchev–Trinajstić information content (AvgIpc) is 2.58. The Labute approximate surface area is 132 Å². The highest BCUT2D eigenvalue weighted by Crippen LogP contribution is 2.29. The van der Waals surface area contributed by atoms with E-state index < -0.39 is 0 Å². The number of rotatable bonds is 8. The first-order valence-corrected chi connectivity index (χ1v) is 7.52. The predicted molar refractivity (Wildman–Crippen MR) is 90.3 cm³/mol. The van der Waals surface area contributed by atoms with Crippen molar-refractivity contribution in [2.45, 2.75) is 19.4 Å². The van der Waals surface area contributed by atoms with Gasteiger partial charge >= 0.3 is 0 Å². The van der Waals surface area contributed by atoms with Gasteiger partial charge in [-0.25, -0.2) is 0 Å². The third-order valence-corrected chi connectivity index (χ3v) is 3.37. The van der Waals surface area contributed by atoms with Crippen molar-refractivity contribution in [3.8, 4) is 11.5 Å². The van der Waals surface area contributed by atoms with Crippen LogP contribution in [0.3, 0.4) is 0 Å². The van der Waals surface area contributed by atoms with Crippen LogP contribution in [-0.4, -0.2) is 13.7 Å². The minimum absolute atomic E-state index is 0.537. The average molecular weight is 297 g/mol. The number of allylic oxidation sites excluding steroid dienone is 1. The zero-order valence-electron chi connectivity index (χ0n) is 13.0. The molecule has 2 rings (SSSR count). The lowest BCUT2D eigenvalue weighted by Gasteiger charge is -2.12. The SMILES string of the molecule is COc1cc(CCC=CCN)ccc1OCc1ccccc1. The van der Waals surface area contributed by atoms with Crippen LogP contribution in [0.2, 0.25) is 0 Å². The van der Waals surface area contributed by atoms with E-state index in [4.69, 9.17) is 15.2 Å². The normalized spacial score (nSPS) is 10.8. The van der Waals surface area contributed by atoms with E-state index in [2.05, 4.69) is 12.1 Å². The second-order valence-corrected chi connectivity index (χ2v) is 5.01. The fraction of sp³-hybridized carbons (Fsp3) is 0.263. The van der Waals surface area contributed by atoms with Gasteiger partial charge in [-0.3, -0.25) is 0 Å². The molecule has 0 spiro atoms. The van der Waals surface area contributed by atoms with Gasteiger partial charge in [-0.1, -0.05) is 48.6 Å². The second kappa shape index (κ2) is 8.90. The minimum Gasteiger partial charge on any atom is -0.493 e. The summed E-state index contributed by atoms with van der Waals surface area (Å²) >= 11 is 0. The fourth-order valence-corrected chi connectivity index (χ4v) is 2.19. The van der Waals surface area contributed by atoms with E-state index in [-0.39, 0.29) is 0 Å². The lowest BCUT2D eigenvalue weighted by atomic mass is 10.1. The maximum Gasteiger partial charge on any atom is 0.161 e. The summed E-state index contributed by atoms with van der Waals surface area (Å²) in [6.07, 6.45) is 6.03. The highest BCUT2D eigenvalue weighted by atomic mass is 16.5. The Hall–Kier alpha value is -2.26. The van der Waals surface area contributed by atoms with Gasteiger partial charge in [0.2, 0.25) is 0 Å². The molecule has 2 aromatic rings. The third-order valence-electron chi connectivity index (χ3n) is 3.37. The van der Waals surface area contributed by atoms with Gasteiger partial charge in [0.15, 0.2) is 11.5 Å². The molecule has 0 unspecified atom stereocenters. The van der Waals surface area contributed by atoms with E-state index in [1.165, 1.54) is 5.56 Å². The number of hydrogen-bond donors (Lipinski definition) is 1. The third kappa shape index (κ3) is 4.93. The summed E-state index contributed by atoms with van der Waals surface area (Å²) in [6, 6.07) is 16.2. The monoisotopic (exact) mass is 297 g/mol. The summed E-state index contributed by atoms with van der Waals surface area (Å²) in [4.78, 5) is 0. The van der Waals surface area contributed by atoms with Crippen LogP contribution < -0.4 is 15.2 Å². The summed E-state index contributed by atoms with van der Waals surface area (Å²) in [7, 11) is 1.67. The number of ether oxygens (including phenoxy) is 2. The highest BCUT2D eigenvalue weighted by Gasteiger charge is 2.06. The van der Waals surface area contributed by atoms with E-state index in [0.717, 1.165) is 29.9 Å². The lowest BCUT2D eigenvalue weighted by molar-refractivity contribution is 0.284. The molecule has 0 fully saturated rings. The molecule has 0 aliphatic heterocycles. The molecule has 2 N–H and O–H groups in total. The second-order valence-electron chi connectivity index (χ2n) is 5.01. The van der Waals surface area contributed by atoms with E-state index in [1.807, 2.05) is 48.5 Å². The van der Waals surface area contributed by atoms with Crippen LogP contribution in [0.4, 0.5) is 0 Å². The quantitative estimate of drug-likeness (QED) is 0.755. The van der Waals surface area contributed by atoms with Crippen LogP contribution in [0.5, 0.6) is 11.5 Å². The number of benzene rings is 2. The molecule has 0 atom stereocenters. The van der Waals surface area contributed by atoms with Crippen molar-refractivity contribution in [2.75, 3.05) is 13.7 Å². The molecule has 0 aliphatic carbocycles. The number of hydrogen-bond acceptors (Lipinski definition) is 3. The van der Waals surface area contributed by atoms with E-state index in [9.17, 15) is 0 Å². The number of aryl methyl sites for hydroxylation is 1. The first kappa shape index (κ1) is 16.1. The molecule has 3 nitrogen and oxygen atoms in total. The van der Waals surface area contributed by atoms with Crippen LogP contribution in [0.25, 0.3) is 0 Å². The molecule has 2 aromatic carbocycles. The Morgan fingerprint density at radius 2 is 1.77 bits per heavy atom. The van der Waals surface area contributed by atoms with Crippen molar-refractivity contribution in [1.29, 1.82) is 0 Å². The Morgan fingerprint density at radius 3 is 2.50 bits per heavy atom. The van der Waals surface area contributed by atoms with E-state index >= 15 is 0 Å². The summed E-state index contributed by atoms with van der Waals surface area (Å²) in [5.41, 5.74) is 7.80. The van der Waals surface area contributed by atoms with Crippen molar-refractivity contribution < 1.29 is 9.47 Å². The number of methoxy groups -OCH3 is 1. The van der Waals surface area contributed by atoms with Crippen molar-refractivity contribution in [1.82, 2.24) is 0 Å². The number of nitrogens with two attached hydrogens (primary N) is 1. The van der Waals surface area contributed by atoms with Gasteiger partial charge in [0, 0.05) is 6.54 Å². The van der Waals surface area contributed by atoms with Crippen LogP contribution in [0.1, 0.15) is 17.5 Å². The zero-order chi connectivity index (χ0) is 15.6. The van der Waals surface area contributed by atoms with Gasteiger partial charge in [-0.05, 0) is 36.1 Å². The van der Waals surface area contributed by atoms with Crippen LogP contribution in [0.15, 0.2) is 60.7 Å². The largest absolute Gasteiger partial charge is 0.493 e. The Balaban J connectivity index is 1.98. The molecule has 116 valence electrons. The molecule has 0 bridgehead atoms. The van der Waals surface area contributed by atoms with Crippen molar-refractivity contribution in [3.63, 3.8) is 0 Å².